The summed E-state index contributed by atoms with van der Waals surface area (Å²) in [6.45, 7) is 9.76. The first-order valence-corrected chi connectivity index (χ1v) is 24.2. The number of piperazine rings is 1. The van der Waals surface area contributed by atoms with Gasteiger partial charge in [-0.05, 0) is 125 Å². The minimum Gasteiger partial charge on any atom is -0.457 e. The summed E-state index contributed by atoms with van der Waals surface area (Å²) in [7, 11) is 0. The number of rotatable bonds is 14. The molecule has 17 nitrogen and oxygen atoms in total. The number of hydrogen-bond donors (Lipinski definition) is 4. The van der Waals surface area contributed by atoms with Gasteiger partial charge < -0.3 is 25.6 Å². The summed E-state index contributed by atoms with van der Waals surface area (Å²) < 4.78 is 35.5. The predicted molar refractivity (Wildman–Crippen MR) is 260 cm³/mol. The number of pyridine rings is 2. The van der Waals surface area contributed by atoms with Crippen molar-refractivity contribution in [1.82, 2.24) is 30.0 Å². The number of carbonyl (C=O) groups is 6. The normalized spacial score (nSPS) is 20.3. The smallest absolute Gasteiger partial charge is 0.266 e. The van der Waals surface area contributed by atoms with E-state index in [1.165, 1.54) is 42.6 Å². The van der Waals surface area contributed by atoms with Gasteiger partial charge in [0.2, 0.25) is 23.6 Å². The summed E-state index contributed by atoms with van der Waals surface area (Å²) in [6.07, 6.45) is 5.85. The molecule has 2 aromatic heterocycles. The molecule has 3 aromatic carbocycles. The van der Waals surface area contributed by atoms with Crippen LogP contribution in [-0.4, -0.2) is 124 Å². The van der Waals surface area contributed by atoms with Crippen LogP contribution in [0.2, 0.25) is 0 Å². The number of benzene rings is 3. The van der Waals surface area contributed by atoms with Gasteiger partial charge in [-0.2, -0.15) is 0 Å². The van der Waals surface area contributed by atoms with Gasteiger partial charge >= 0.3 is 0 Å². The molecule has 5 aliphatic rings. The molecule has 368 valence electrons. The molecule has 6 heterocycles. The molecular weight excluding hydrogens is 915 g/mol. The number of hydrogen-bond acceptors (Lipinski definition) is 13. The standard InChI is InChI=1S/C52H54F2N10O7/c1-30(29-57-46-45-37(13-19-56-46)48(67)64(49(45)68)41-11-12-44(65)60-47(41)66)61-23-25-62(26-24-61)31(2)32-15-21-63(22-16-32)42-28-40-38(27-39(42)54)43(14-20-55-40)71-36-9-7-35(8-10-36)59-51(70)52(17-18-52)50(69)58-34-5-3-33(53)4-6-34/h3-10,13-14,19-20,27-28,30-32,41H,11-12,15-18,21-26,29H2,1-2H3,(H,56,57)(H,58,69)(H,59,70)(H,60,65,66)/t30-,31-,41?/m0/s1. The molecule has 71 heavy (non-hydrogen) atoms. The topological polar surface area (TPSA) is 199 Å². The number of nitrogens with one attached hydrogen (secondary N) is 4. The molecule has 5 aromatic rings. The Bertz CT molecular complexity index is 2920. The SMILES string of the molecule is C[C@@H](CNc1nccc2c1C(=O)N(C1CCC(=O)NC1=O)C2=O)N1CCN([C@@H](C)C2CCN(c3cc4nccc(Oc5ccc(NC(=O)C6(C(=O)Nc7ccc(F)cc7)CC6)cc5)c4cc3F)CC2)CC1. The molecule has 0 spiro atoms. The molecule has 10 rings (SSSR count). The van der Waals surface area contributed by atoms with Gasteiger partial charge in [0.25, 0.3) is 11.8 Å². The average molecular weight is 969 g/mol. The number of anilines is 4. The van der Waals surface area contributed by atoms with Crippen molar-refractivity contribution in [3.8, 4) is 11.5 Å². The Balaban J connectivity index is 0.691. The molecule has 19 heteroatoms. The first kappa shape index (κ1) is 47.3. The highest BCUT2D eigenvalue weighted by molar-refractivity contribution is 6.25. The van der Waals surface area contributed by atoms with Gasteiger partial charge in [-0.1, -0.05) is 0 Å². The van der Waals surface area contributed by atoms with Gasteiger partial charge in [-0.15, -0.1) is 0 Å². The Kier molecular flexibility index (Phi) is 12.9. The summed E-state index contributed by atoms with van der Waals surface area (Å²) in [5.41, 5.74) is 1.11. The number of imide groups is 2. The van der Waals surface area contributed by atoms with Crippen molar-refractivity contribution in [2.45, 2.75) is 70.5 Å². The van der Waals surface area contributed by atoms with Crippen molar-refractivity contribution < 1.29 is 42.3 Å². The second-order valence-electron chi connectivity index (χ2n) is 19.1. The summed E-state index contributed by atoms with van der Waals surface area (Å²) >= 11 is 0. The molecule has 1 aliphatic carbocycles. The van der Waals surface area contributed by atoms with E-state index in [-0.39, 0.29) is 35.8 Å². The second-order valence-corrected chi connectivity index (χ2v) is 19.1. The lowest BCUT2D eigenvalue weighted by molar-refractivity contribution is -0.136. The van der Waals surface area contributed by atoms with Crippen molar-refractivity contribution >= 4 is 69.2 Å². The van der Waals surface area contributed by atoms with Crippen molar-refractivity contribution in [3.63, 3.8) is 0 Å². The first-order valence-electron chi connectivity index (χ1n) is 24.2. The summed E-state index contributed by atoms with van der Waals surface area (Å²) in [6, 6.07) is 17.9. The van der Waals surface area contributed by atoms with E-state index < -0.39 is 52.7 Å². The number of halogens is 2. The van der Waals surface area contributed by atoms with Crippen LogP contribution >= 0.6 is 0 Å². The molecule has 4 N–H and O–H groups in total. The van der Waals surface area contributed by atoms with Crippen LogP contribution in [0.4, 0.5) is 31.7 Å². The number of amides is 6. The molecule has 1 unspecified atom stereocenters. The zero-order valence-corrected chi connectivity index (χ0v) is 39.4. The highest BCUT2D eigenvalue weighted by Crippen LogP contribution is 2.48. The monoisotopic (exact) mass is 968 g/mol. The Hall–Kier alpha value is -7.38. The molecule has 4 fully saturated rings. The van der Waals surface area contributed by atoms with Crippen LogP contribution in [0.1, 0.15) is 73.1 Å². The van der Waals surface area contributed by atoms with Crippen molar-refractivity contribution in [2.75, 3.05) is 66.7 Å². The summed E-state index contributed by atoms with van der Waals surface area (Å²) in [5.74, 6) is -2.29. The largest absolute Gasteiger partial charge is 0.457 e. The number of aromatic nitrogens is 2. The van der Waals surface area contributed by atoms with E-state index in [0.717, 1.165) is 43.9 Å². The van der Waals surface area contributed by atoms with Gasteiger partial charge in [0.05, 0.1) is 22.3 Å². The molecule has 4 aliphatic heterocycles. The molecule has 0 bridgehead atoms. The highest BCUT2D eigenvalue weighted by Gasteiger charge is 2.56. The maximum absolute atomic E-state index is 16.0. The highest BCUT2D eigenvalue weighted by atomic mass is 19.1. The lowest BCUT2D eigenvalue weighted by atomic mass is 9.88. The Morgan fingerprint density at radius 1 is 0.789 bits per heavy atom. The van der Waals surface area contributed by atoms with E-state index in [0.29, 0.717) is 89.7 Å². The number of ether oxygens (including phenoxy) is 1. The fraction of sp³-hybridized carbons (Fsp3) is 0.385. The maximum atomic E-state index is 16.0. The van der Waals surface area contributed by atoms with Crippen LogP contribution in [0.25, 0.3) is 10.9 Å². The number of carbonyl (C=O) groups excluding carboxylic acids is 6. The number of fused-ring (bicyclic) bond motifs is 2. The van der Waals surface area contributed by atoms with E-state index in [2.05, 4.69) is 59.8 Å². The van der Waals surface area contributed by atoms with Gasteiger partial charge in [0.15, 0.2) is 0 Å². The molecule has 3 saturated heterocycles. The molecule has 6 amide bonds. The van der Waals surface area contributed by atoms with E-state index >= 15 is 4.39 Å². The van der Waals surface area contributed by atoms with Crippen LogP contribution in [-0.2, 0) is 19.2 Å². The third-order valence-corrected chi connectivity index (χ3v) is 14.9. The van der Waals surface area contributed by atoms with E-state index in [9.17, 15) is 33.2 Å². The van der Waals surface area contributed by atoms with Crippen molar-refractivity contribution in [3.05, 3.63) is 108 Å². The van der Waals surface area contributed by atoms with Crippen LogP contribution in [0.15, 0.2) is 85.2 Å². The van der Waals surface area contributed by atoms with Crippen LogP contribution in [0, 0.1) is 23.0 Å². The number of nitrogens with zero attached hydrogens (tertiary/aromatic N) is 6. The van der Waals surface area contributed by atoms with E-state index in [4.69, 9.17) is 4.74 Å². The minimum absolute atomic E-state index is 0.0469. The fourth-order valence-corrected chi connectivity index (χ4v) is 10.3. The van der Waals surface area contributed by atoms with Gasteiger partial charge in [-0.25, -0.2) is 13.8 Å². The first-order chi connectivity index (χ1) is 34.3. The molecular formula is C52H54F2N10O7. The third kappa shape index (κ3) is 9.50. The zero-order chi connectivity index (χ0) is 49.6. The summed E-state index contributed by atoms with van der Waals surface area (Å²) in [5, 5.41) is 11.6. The van der Waals surface area contributed by atoms with Crippen LogP contribution in [0.3, 0.4) is 0 Å². The maximum Gasteiger partial charge on any atom is 0.266 e. The zero-order valence-electron chi connectivity index (χ0n) is 39.4. The second kappa shape index (κ2) is 19.4. The third-order valence-electron chi connectivity index (χ3n) is 14.9. The minimum atomic E-state index is -1.20. The molecule has 1 saturated carbocycles. The quantitative estimate of drug-likeness (QED) is 0.0728. The van der Waals surface area contributed by atoms with Gasteiger partial charge in [0, 0.05) is 93.5 Å². The Labute approximate surface area is 408 Å². The van der Waals surface area contributed by atoms with E-state index in [1.807, 2.05) is 0 Å². The Morgan fingerprint density at radius 3 is 2.10 bits per heavy atom. The summed E-state index contributed by atoms with van der Waals surface area (Å²) in [4.78, 5) is 94.2. The van der Waals surface area contributed by atoms with Gasteiger partial charge in [-0.3, -0.25) is 53.8 Å². The fourth-order valence-electron chi connectivity index (χ4n) is 10.3. The average Bonchev–Trinajstić information content (AvgIpc) is 4.16. The lowest BCUT2D eigenvalue weighted by Gasteiger charge is -2.45. The molecule has 0 radical (unpaired) electrons. The van der Waals surface area contributed by atoms with E-state index in [1.54, 1.807) is 42.6 Å². The number of piperidine rings is 2. The lowest BCUT2D eigenvalue weighted by Crippen LogP contribution is -2.55. The molecule has 3 atom stereocenters. The van der Waals surface area contributed by atoms with Crippen LogP contribution in [0.5, 0.6) is 11.5 Å². The predicted octanol–water partition coefficient (Wildman–Crippen LogP) is 6.18. The van der Waals surface area contributed by atoms with Crippen LogP contribution < -0.4 is 30.9 Å². The van der Waals surface area contributed by atoms with Gasteiger partial charge in [0.1, 0.15) is 40.4 Å². The van der Waals surface area contributed by atoms with Crippen molar-refractivity contribution in [2.24, 2.45) is 11.3 Å². The van der Waals surface area contributed by atoms with Crippen molar-refractivity contribution in [1.29, 1.82) is 0 Å². The Morgan fingerprint density at radius 2 is 1.44 bits per heavy atom.